The largest absolute Gasteiger partial charge is 0.352 e. The Balaban J connectivity index is 1.10. The van der Waals surface area contributed by atoms with Crippen LogP contribution in [0.2, 0.25) is 0 Å². The van der Waals surface area contributed by atoms with E-state index in [-0.39, 0.29) is 28.8 Å². The fourth-order valence-corrected chi connectivity index (χ4v) is 14.3. The van der Waals surface area contributed by atoms with Crippen LogP contribution in [0.25, 0.3) is 0 Å². The molecule has 0 amide bonds. The molecule has 2 saturated carbocycles. The smallest absolute Gasteiger partial charge is 0.190 e. The summed E-state index contributed by atoms with van der Waals surface area (Å²) in [6, 6.07) is 39.1. The van der Waals surface area contributed by atoms with E-state index in [0.717, 1.165) is 24.3 Å². The number of benzene rings is 4. The Kier molecular flexibility index (Phi) is 8.31. The summed E-state index contributed by atoms with van der Waals surface area (Å²) in [6.45, 7) is 9.81. The number of quaternary nitrogens is 1. The molecule has 298 valence electrons. The lowest BCUT2D eigenvalue weighted by atomic mass is 9.54. The number of hydrogen-bond donors (Lipinski definition) is 2. The molecule has 0 aromatic heterocycles. The summed E-state index contributed by atoms with van der Waals surface area (Å²) in [5.74, 6) is 2.85. The van der Waals surface area contributed by atoms with Crippen LogP contribution in [0, 0.1) is 35.0 Å². The molecule has 3 aliphatic heterocycles. The van der Waals surface area contributed by atoms with Gasteiger partial charge in [0, 0.05) is 39.9 Å². The van der Waals surface area contributed by atoms with Crippen LogP contribution in [-0.4, -0.2) is 24.3 Å². The molecule has 0 saturated heterocycles. The van der Waals surface area contributed by atoms with E-state index in [1.165, 1.54) is 70.0 Å². The van der Waals surface area contributed by atoms with Crippen molar-refractivity contribution in [2.24, 2.45) is 23.7 Å². The molecule has 9 unspecified atom stereocenters. The number of hydrogen-bond acceptors (Lipinski definition) is 4. The molecule has 5 heteroatoms. The van der Waals surface area contributed by atoms with Gasteiger partial charge in [0.1, 0.15) is 0 Å². The normalized spacial score (nSPS) is 34.5. The first-order chi connectivity index (χ1) is 28.7. The monoisotopic (exact) mass is 776 g/mol. The molecular formula is C54H58N5+. The van der Waals surface area contributed by atoms with Crippen LogP contribution in [0.3, 0.4) is 0 Å². The van der Waals surface area contributed by atoms with Crippen LogP contribution in [0.4, 0.5) is 17.1 Å². The highest BCUT2D eigenvalue weighted by atomic mass is 15.4. The van der Waals surface area contributed by atoms with Crippen LogP contribution < -0.4 is 20.0 Å². The first-order valence-corrected chi connectivity index (χ1v) is 22.4. The van der Waals surface area contributed by atoms with E-state index in [0.29, 0.717) is 23.7 Å². The molecule has 1 spiro atoms. The summed E-state index contributed by atoms with van der Waals surface area (Å²) in [5, 5.41) is 14.3. The number of rotatable bonds is 4. The maximum Gasteiger partial charge on any atom is 0.190 e. The van der Waals surface area contributed by atoms with Crippen LogP contribution >= 0.6 is 0 Å². The second-order valence-electron chi connectivity index (χ2n) is 19.6. The molecule has 5 nitrogen and oxygen atoms in total. The molecule has 4 aromatic rings. The number of nitrogens with zero attached hydrogens (tertiary/aromatic N) is 3. The Morgan fingerprint density at radius 2 is 1.49 bits per heavy atom. The van der Waals surface area contributed by atoms with Crippen LogP contribution in [0.5, 0.6) is 0 Å². The molecule has 4 aliphatic carbocycles. The average molecular weight is 777 g/mol. The molecule has 4 aromatic carbocycles. The Bertz CT molecular complexity index is 2440. The van der Waals surface area contributed by atoms with Crippen molar-refractivity contribution in [3.8, 4) is 6.07 Å². The van der Waals surface area contributed by atoms with Gasteiger partial charge >= 0.3 is 0 Å². The zero-order valence-corrected chi connectivity index (χ0v) is 35.3. The second kappa shape index (κ2) is 13.4. The van der Waals surface area contributed by atoms with Crippen molar-refractivity contribution < 1.29 is 4.90 Å². The fraction of sp³-hybridized carbons (Fsp3) is 0.389. The Labute approximate surface area is 351 Å². The minimum Gasteiger partial charge on any atom is -0.352 e. The van der Waals surface area contributed by atoms with Crippen molar-refractivity contribution in [3.05, 3.63) is 173 Å². The number of fused-ring (bicyclic) bond motifs is 5. The molecule has 2 fully saturated rings. The molecule has 59 heavy (non-hydrogen) atoms. The highest BCUT2D eigenvalue weighted by molar-refractivity contribution is 5.80. The van der Waals surface area contributed by atoms with E-state index in [1.807, 2.05) is 6.07 Å². The molecule has 7 aliphatic rings. The van der Waals surface area contributed by atoms with Gasteiger partial charge in [0.15, 0.2) is 12.3 Å². The standard InChI is InChI=1S/C54H57N5/c1-35-30-39-25-26-40(31-35)54(39)43-20-9-11-22-47(43)58(48-23-12-10-21-44(48)54)49-33-45(56-51(57(49)5)38-17-7-6-8-18-38)42-19-13-14-28-52(42,3)59-46-27-24-37(34-55)32-41(46)50-36(2)16-15-29-53(50,59)4/h6-15,17-24,27,29,32-33,35-36,39-40,49-51,56H,16,25-26,28,30-31H2,1-5H3/p+1. The topological polar surface area (TPSA) is 46.7 Å². The van der Waals surface area contributed by atoms with Gasteiger partial charge in [-0.15, -0.1) is 0 Å². The number of likely N-dealkylation sites (N-methyl/N-ethyl adjacent to an activating group) is 1. The number of anilines is 3. The van der Waals surface area contributed by atoms with Gasteiger partial charge in [-0.1, -0.05) is 111 Å². The highest BCUT2D eigenvalue weighted by Gasteiger charge is 2.61. The van der Waals surface area contributed by atoms with E-state index in [1.54, 1.807) is 11.1 Å². The molecule has 0 radical (unpaired) electrons. The quantitative estimate of drug-likeness (QED) is 0.203. The van der Waals surface area contributed by atoms with E-state index in [9.17, 15) is 5.26 Å². The number of allylic oxidation sites excluding steroid dienone is 3. The Morgan fingerprint density at radius 3 is 2.19 bits per heavy atom. The third-order valence-corrected chi connectivity index (χ3v) is 16.4. The summed E-state index contributed by atoms with van der Waals surface area (Å²) in [5.41, 5.74) is 12.4. The SMILES string of the molecule is CC1CC2CCC(C1)C21c2ccccc2N(C2C=C(C3=CC=CCC3(C)N3c4ccc(C#N)cc4C4C(C)CC=CC43C)NC(c3ccccc3)[NH+]2C)c2ccccc21. The Hall–Kier alpha value is -5.31. The van der Waals surface area contributed by atoms with Gasteiger partial charge in [0.25, 0.3) is 0 Å². The number of nitriles is 1. The van der Waals surface area contributed by atoms with Gasteiger partial charge < -0.3 is 10.2 Å². The predicted octanol–water partition coefficient (Wildman–Crippen LogP) is 10.4. The van der Waals surface area contributed by atoms with Crippen molar-refractivity contribution in [2.45, 2.75) is 101 Å². The predicted molar refractivity (Wildman–Crippen MR) is 239 cm³/mol. The molecule has 3 heterocycles. The Morgan fingerprint density at radius 1 is 0.814 bits per heavy atom. The third kappa shape index (κ3) is 5.05. The van der Waals surface area contributed by atoms with Crippen molar-refractivity contribution in [1.82, 2.24) is 5.32 Å². The van der Waals surface area contributed by atoms with Crippen LogP contribution in [0.15, 0.2) is 145 Å². The number of nitrogens with one attached hydrogen (secondary N) is 2. The van der Waals surface area contributed by atoms with Crippen molar-refractivity contribution >= 4 is 17.1 Å². The summed E-state index contributed by atoms with van der Waals surface area (Å²) < 4.78 is 0. The van der Waals surface area contributed by atoms with E-state index >= 15 is 0 Å². The highest BCUT2D eigenvalue weighted by Crippen LogP contribution is 2.66. The summed E-state index contributed by atoms with van der Waals surface area (Å²) in [7, 11) is 2.39. The van der Waals surface area contributed by atoms with Crippen LogP contribution in [0.1, 0.15) is 106 Å². The third-order valence-electron chi connectivity index (χ3n) is 16.4. The van der Waals surface area contributed by atoms with Crippen LogP contribution in [-0.2, 0) is 5.41 Å². The maximum atomic E-state index is 10.1. The minimum atomic E-state index is -0.377. The van der Waals surface area contributed by atoms with Gasteiger partial charge in [-0.25, -0.2) is 0 Å². The molecule has 9 atom stereocenters. The van der Waals surface area contributed by atoms with E-state index < -0.39 is 0 Å². The first kappa shape index (κ1) is 36.7. The van der Waals surface area contributed by atoms with Gasteiger partial charge in [-0.05, 0) is 123 Å². The lowest BCUT2D eigenvalue weighted by Crippen LogP contribution is -3.17. The zero-order valence-electron chi connectivity index (χ0n) is 35.3. The van der Waals surface area contributed by atoms with Crippen molar-refractivity contribution in [1.29, 1.82) is 5.26 Å². The van der Waals surface area contributed by atoms with Gasteiger partial charge in [-0.2, -0.15) is 5.26 Å². The average Bonchev–Trinajstić information content (AvgIpc) is 3.64. The molecule has 2 bridgehead atoms. The second-order valence-corrected chi connectivity index (χ2v) is 19.6. The van der Waals surface area contributed by atoms with E-state index in [4.69, 9.17) is 0 Å². The lowest BCUT2D eigenvalue weighted by molar-refractivity contribution is -0.934. The minimum absolute atomic E-state index is 0.00862. The lowest BCUT2D eigenvalue weighted by Gasteiger charge is -2.55. The zero-order chi connectivity index (χ0) is 40.3. The number of para-hydroxylation sites is 2. The van der Waals surface area contributed by atoms with Crippen molar-refractivity contribution in [3.63, 3.8) is 0 Å². The molecule has 2 N–H and O–H groups in total. The van der Waals surface area contributed by atoms with Gasteiger partial charge in [0.2, 0.25) is 0 Å². The van der Waals surface area contributed by atoms with Crippen molar-refractivity contribution in [2.75, 3.05) is 16.8 Å². The fourth-order valence-electron chi connectivity index (χ4n) is 14.3. The maximum absolute atomic E-state index is 10.1. The first-order valence-electron chi connectivity index (χ1n) is 22.4. The van der Waals surface area contributed by atoms with Gasteiger partial charge in [-0.3, -0.25) is 9.80 Å². The summed E-state index contributed by atoms with van der Waals surface area (Å²) in [4.78, 5) is 6.88. The summed E-state index contributed by atoms with van der Waals surface area (Å²) >= 11 is 0. The molecular weight excluding hydrogens is 719 g/mol. The molecule has 11 rings (SSSR count). The van der Waals surface area contributed by atoms with Gasteiger partial charge in [0.05, 0.1) is 41.1 Å². The summed E-state index contributed by atoms with van der Waals surface area (Å²) in [6.07, 6.45) is 21.7. The van der Waals surface area contributed by atoms with E-state index in [2.05, 4.69) is 183 Å².